The van der Waals surface area contributed by atoms with Gasteiger partial charge in [0.1, 0.15) is 5.76 Å². The number of nitrogens with zero attached hydrogens (tertiary/aromatic N) is 1. The van der Waals surface area contributed by atoms with E-state index in [0.717, 1.165) is 28.1 Å². The summed E-state index contributed by atoms with van der Waals surface area (Å²) in [6.45, 7) is 8.11. The summed E-state index contributed by atoms with van der Waals surface area (Å²) in [5.41, 5.74) is 4.83. The lowest BCUT2D eigenvalue weighted by Crippen LogP contribution is -2.22. The van der Waals surface area contributed by atoms with Gasteiger partial charge >= 0.3 is 0 Å². The maximum Gasteiger partial charge on any atom is 0.251 e. The minimum Gasteiger partial charge on any atom is -0.444 e. The first-order valence-corrected chi connectivity index (χ1v) is 7.25. The molecule has 0 aliphatic carbocycles. The highest BCUT2D eigenvalue weighted by Gasteiger charge is 2.11. The van der Waals surface area contributed by atoms with E-state index in [1.165, 1.54) is 5.56 Å². The lowest BCUT2D eigenvalue weighted by molar-refractivity contribution is 0.0947. The van der Waals surface area contributed by atoms with Crippen LogP contribution in [0.3, 0.4) is 0 Å². The Balaban J connectivity index is 1.78. The number of rotatable bonds is 3. The first kappa shape index (κ1) is 14.4. The number of aryl methyl sites for hydroxylation is 4. The summed E-state index contributed by atoms with van der Waals surface area (Å²) in [7, 11) is 0. The van der Waals surface area contributed by atoms with Crippen molar-refractivity contribution in [2.24, 2.45) is 0 Å². The minimum atomic E-state index is -0.131. The van der Waals surface area contributed by atoms with E-state index in [0.29, 0.717) is 11.5 Å². The number of H-pyrrole nitrogens is 1. The average Bonchev–Trinajstić information content (AvgIpc) is 2.96. The van der Waals surface area contributed by atoms with Crippen LogP contribution in [0.15, 0.2) is 22.6 Å². The molecule has 1 aromatic carbocycles. The molecule has 2 aromatic heterocycles. The van der Waals surface area contributed by atoms with Crippen molar-refractivity contribution >= 4 is 16.8 Å². The Morgan fingerprint density at radius 2 is 2.05 bits per heavy atom. The molecule has 0 unspecified atom stereocenters. The molecule has 0 atom stereocenters. The fourth-order valence-electron chi connectivity index (χ4n) is 2.48. The molecule has 0 bridgehead atoms. The van der Waals surface area contributed by atoms with E-state index >= 15 is 0 Å². The zero-order valence-electron chi connectivity index (χ0n) is 13.2. The van der Waals surface area contributed by atoms with Crippen LogP contribution in [-0.2, 0) is 6.54 Å². The number of benzene rings is 1. The number of carbonyl (C=O) groups is 1. The van der Waals surface area contributed by atoms with Crippen LogP contribution in [0, 0.1) is 27.7 Å². The number of fused-ring (bicyclic) bond motifs is 1. The van der Waals surface area contributed by atoms with Gasteiger partial charge in [0.05, 0.1) is 12.2 Å². The molecule has 0 spiro atoms. The highest BCUT2D eigenvalue weighted by atomic mass is 16.4. The Morgan fingerprint density at radius 3 is 2.73 bits per heavy atom. The summed E-state index contributed by atoms with van der Waals surface area (Å²) < 4.78 is 5.46. The van der Waals surface area contributed by atoms with E-state index < -0.39 is 0 Å². The molecule has 0 saturated heterocycles. The second-order valence-electron chi connectivity index (χ2n) is 5.57. The van der Waals surface area contributed by atoms with Crippen molar-refractivity contribution in [2.75, 3.05) is 0 Å². The zero-order valence-corrected chi connectivity index (χ0v) is 13.2. The number of amides is 1. The van der Waals surface area contributed by atoms with Crippen LogP contribution in [0.2, 0.25) is 0 Å². The van der Waals surface area contributed by atoms with Crippen molar-refractivity contribution in [1.29, 1.82) is 0 Å². The monoisotopic (exact) mass is 297 g/mol. The van der Waals surface area contributed by atoms with Gasteiger partial charge in [-0.3, -0.25) is 4.79 Å². The van der Waals surface area contributed by atoms with Crippen LogP contribution in [0.5, 0.6) is 0 Å². The predicted octanol–water partition coefficient (Wildman–Crippen LogP) is 3.32. The third-order valence-electron chi connectivity index (χ3n) is 4.04. The molecule has 5 heteroatoms. The second-order valence-corrected chi connectivity index (χ2v) is 5.57. The lowest BCUT2D eigenvalue weighted by Gasteiger charge is -2.03. The molecular formula is C17H19N3O2. The smallest absolute Gasteiger partial charge is 0.251 e. The number of hydrogen-bond acceptors (Lipinski definition) is 3. The van der Waals surface area contributed by atoms with Crippen molar-refractivity contribution in [2.45, 2.75) is 34.2 Å². The Kier molecular flexibility index (Phi) is 3.48. The number of oxazole rings is 1. The molecular weight excluding hydrogens is 278 g/mol. The fourth-order valence-corrected chi connectivity index (χ4v) is 2.48. The molecule has 0 saturated carbocycles. The van der Waals surface area contributed by atoms with Crippen LogP contribution in [0.4, 0.5) is 0 Å². The highest BCUT2D eigenvalue weighted by Crippen LogP contribution is 2.22. The fraction of sp³-hybridized carbons (Fsp3) is 0.294. The molecule has 5 nitrogen and oxygen atoms in total. The van der Waals surface area contributed by atoms with Crippen molar-refractivity contribution in [3.63, 3.8) is 0 Å². The molecule has 3 rings (SSSR count). The van der Waals surface area contributed by atoms with Gasteiger partial charge in [0, 0.05) is 22.2 Å². The van der Waals surface area contributed by atoms with Gasteiger partial charge in [-0.2, -0.15) is 0 Å². The highest BCUT2D eigenvalue weighted by molar-refractivity contribution is 5.98. The minimum absolute atomic E-state index is 0.131. The van der Waals surface area contributed by atoms with Crippen molar-refractivity contribution in [3.8, 4) is 0 Å². The maximum atomic E-state index is 12.3. The van der Waals surface area contributed by atoms with E-state index in [9.17, 15) is 4.79 Å². The largest absolute Gasteiger partial charge is 0.444 e. The van der Waals surface area contributed by atoms with Crippen LogP contribution < -0.4 is 5.32 Å². The van der Waals surface area contributed by atoms with Crippen LogP contribution in [-0.4, -0.2) is 15.9 Å². The first-order chi connectivity index (χ1) is 10.5. The van der Waals surface area contributed by atoms with E-state index in [2.05, 4.69) is 15.3 Å². The van der Waals surface area contributed by atoms with Gasteiger partial charge in [-0.15, -0.1) is 0 Å². The molecule has 114 valence electrons. The SMILES string of the molecule is Cc1nc(CNC(=O)c2ccc3[nH]c(C)c(C)c3c2)oc1C. The van der Waals surface area contributed by atoms with Crippen molar-refractivity contribution in [3.05, 3.63) is 52.4 Å². The molecule has 3 aromatic rings. The molecule has 0 aliphatic heterocycles. The van der Waals surface area contributed by atoms with Crippen LogP contribution >= 0.6 is 0 Å². The van der Waals surface area contributed by atoms with Gasteiger partial charge in [0.25, 0.3) is 5.91 Å². The third kappa shape index (κ3) is 2.50. The lowest BCUT2D eigenvalue weighted by atomic mass is 10.1. The van der Waals surface area contributed by atoms with E-state index in [1.807, 2.05) is 45.9 Å². The topological polar surface area (TPSA) is 70.9 Å². The maximum absolute atomic E-state index is 12.3. The number of nitrogens with one attached hydrogen (secondary N) is 2. The van der Waals surface area contributed by atoms with Gasteiger partial charge in [-0.05, 0) is 51.5 Å². The van der Waals surface area contributed by atoms with Gasteiger partial charge in [0.2, 0.25) is 5.89 Å². The summed E-state index contributed by atoms with van der Waals surface area (Å²) in [6.07, 6.45) is 0. The Hall–Kier alpha value is -2.56. The summed E-state index contributed by atoms with van der Waals surface area (Å²) in [5.74, 6) is 1.18. The molecule has 0 fully saturated rings. The summed E-state index contributed by atoms with van der Waals surface area (Å²) >= 11 is 0. The normalized spacial score (nSPS) is 11.1. The number of aromatic amines is 1. The first-order valence-electron chi connectivity index (χ1n) is 7.25. The molecule has 0 aliphatic rings. The molecule has 22 heavy (non-hydrogen) atoms. The number of aromatic nitrogens is 2. The Morgan fingerprint density at radius 1 is 1.27 bits per heavy atom. The van der Waals surface area contributed by atoms with E-state index in [-0.39, 0.29) is 12.5 Å². The van der Waals surface area contributed by atoms with Gasteiger partial charge < -0.3 is 14.7 Å². The van der Waals surface area contributed by atoms with Crippen molar-refractivity contribution < 1.29 is 9.21 Å². The summed E-state index contributed by atoms with van der Waals surface area (Å²) in [6, 6.07) is 5.67. The number of carbonyl (C=O) groups excluding carboxylic acids is 1. The van der Waals surface area contributed by atoms with Crippen molar-refractivity contribution in [1.82, 2.24) is 15.3 Å². The average molecular weight is 297 g/mol. The van der Waals surface area contributed by atoms with Gasteiger partial charge in [-0.25, -0.2) is 4.98 Å². The van der Waals surface area contributed by atoms with Gasteiger partial charge in [-0.1, -0.05) is 0 Å². The standard InChI is InChI=1S/C17H19N3O2/c1-9-10(2)19-15-6-5-13(7-14(9)15)17(21)18-8-16-20-11(3)12(4)22-16/h5-7,19H,8H2,1-4H3,(H,18,21). The van der Waals surface area contributed by atoms with Crippen LogP contribution in [0.25, 0.3) is 10.9 Å². The molecule has 2 N–H and O–H groups in total. The molecule has 1 amide bonds. The second kappa shape index (κ2) is 5.33. The third-order valence-corrected chi connectivity index (χ3v) is 4.04. The Labute approximate surface area is 128 Å². The van der Waals surface area contributed by atoms with Gasteiger partial charge in [0.15, 0.2) is 0 Å². The Bertz CT molecular complexity index is 839. The number of hydrogen-bond donors (Lipinski definition) is 2. The molecule has 2 heterocycles. The van der Waals surface area contributed by atoms with Crippen LogP contribution in [0.1, 0.15) is 39.0 Å². The summed E-state index contributed by atoms with van der Waals surface area (Å²) in [4.78, 5) is 19.8. The van der Waals surface area contributed by atoms with E-state index in [1.54, 1.807) is 0 Å². The summed E-state index contributed by atoms with van der Waals surface area (Å²) in [5, 5.41) is 3.92. The zero-order chi connectivity index (χ0) is 15.9. The van der Waals surface area contributed by atoms with E-state index in [4.69, 9.17) is 4.42 Å². The quantitative estimate of drug-likeness (QED) is 0.779. The molecule has 0 radical (unpaired) electrons. The predicted molar refractivity (Wildman–Crippen MR) is 84.9 cm³/mol.